The SMILES string of the molecule is COC(=O)c1ccc(NC(=O)C2CC=CCC2C(=O)Nc2ccc(C)cc2C)cc1. The Labute approximate surface area is 176 Å². The number of rotatable bonds is 5. The van der Waals surface area contributed by atoms with Crippen LogP contribution in [0.1, 0.15) is 34.3 Å². The van der Waals surface area contributed by atoms with Gasteiger partial charge in [0.05, 0.1) is 24.5 Å². The zero-order valence-electron chi connectivity index (χ0n) is 17.4. The van der Waals surface area contributed by atoms with Crippen molar-refractivity contribution in [2.75, 3.05) is 17.7 Å². The largest absolute Gasteiger partial charge is 0.465 e. The number of carbonyl (C=O) groups excluding carboxylic acids is 3. The van der Waals surface area contributed by atoms with E-state index in [1.165, 1.54) is 7.11 Å². The predicted molar refractivity (Wildman–Crippen MR) is 116 cm³/mol. The van der Waals surface area contributed by atoms with Crippen LogP contribution in [0.4, 0.5) is 11.4 Å². The van der Waals surface area contributed by atoms with Gasteiger partial charge in [-0.15, -0.1) is 0 Å². The Morgan fingerprint density at radius 2 is 1.47 bits per heavy atom. The van der Waals surface area contributed by atoms with Crippen LogP contribution in [0.25, 0.3) is 0 Å². The maximum atomic E-state index is 12.9. The number of nitrogens with one attached hydrogen (secondary N) is 2. The average molecular weight is 406 g/mol. The van der Waals surface area contributed by atoms with Crippen LogP contribution < -0.4 is 10.6 Å². The Hall–Kier alpha value is -3.41. The van der Waals surface area contributed by atoms with Crippen LogP contribution in [0.15, 0.2) is 54.6 Å². The predicted octanol–water partition coefficient (Wildman–Crippen LogP) is 4.25. The minimum Gasteiger partial charge on any atom is -0.465 e. The Balaban J connectivity index is 1.70. The smallest absolute Gasteiger partial charge is 0.337 e. The molecule has 2 unspecified atom stereocenters. The number of hydrogen-bond donors (Lipinski definition) is 2. The highest BCUT2D eigenvalue weighted by atomic mass is 16.5. The molecular formula is C24H26N2O4. The van der Waals surface area contributed by atoms with E-state index in [2.05, 4.69) is 15.4 Å². The number of esters is 1. The summed E-state index contributed by atoms with van der Waals surface area (Å²) in [4.78, 5) is 37.4. The summed E-state index contributed by atoms with van der Waals surface area (Å²) in [5.74, 6) is -1.74. The Bertz CT molecular complexity index is 979. The number of hydrogen-bond acceptors (Lipinski definition) is 4. The summed E-state index contributed by atoms with van der Waals surface area (Å²) < 4.78 is 4.68. The van der Waals surface area contributed by atoms with Crippen molar-refractivity contribution in [2.45, 2.75) is 26.7 Å². The summed E-state index contributed by atoms with van der Waals surface area (Å²) in [6, 6.07) is 12.3. The number of anilines is 2. The van der Waals surface area contributed by atoms with Crippen LogP contribution in [-0.4, -0.2) is 24.9 Å². The van der Waals surface area contributed by atoms with E-state index < -0.39 is 17.8 Å². The third kappa shape index (κ3) is 4.95. The van der Waals surface area contributed by atoms with Crippen molar-refractivity contribution >= 4 is 29.2 Å². The minimum atomic E-state index is -0.471. The van der Waals surface area contributed by atoms with E-state index in [-0.39, 0.29) is 11.8 Å². The molecule has 1 aliphatic carbocycles. The molecule has 0 heterocycles. The lowest BCUT2D eigenvalue weighted by molar-refractivity contribution is -0.129. The van der Waals surface area contributed by atoms with Crippen LogP contribution in [0, 0.1) is 25.7 Å². The molecule has 0 aliphatic heterocycles. The van der Waals surface area contributed by atoms with E-state index in [1.807, 2.05) is 44.2 Å². The van der Waals surface area contributed by atoms with Gasteiger partial charge >= 0.3 is 5.97 Å². The standard InChI is InChI=1S/C24H26N2O4/c1-15-8-13-21(16(2)14-15)26-23(28)20-7-5-4-6-19(20)22(27)25-18-11-9-17(10-12-18)24(29)30-3/h4-5,8-14,19-20H,6-7H2,1-3H3,(H,25,27)(H,26,28). The number of carbonyl (C=O) groups is 3. The van der Waals surface area contributed by atoms with Crippen molar-refractivity contribution in [3.8, 4) is 0 Å². The zero-order valence-corrected chi connectivity index (χ0v) is 17.4. The van der Waals surface area contributed by atoms with E-state index in [4.69, 9.17) is 0 Å². The van der Waals surface area contributed by atoms with Crippen LogP contribution in [0.3, 0.4) is 0 Å². The van der Waals surface area contributed by atoms with Crippen molar-refractivity contribution in [3.63, 3.8) is 0 Å². The maximum Gasteiger partial charge on any atom is 0.337 e. The van der Waals surface area contributed by atoms with Crippen molar-refractivity contribution in [1.82, 2.24) is 0 Å². The fourth-order valence-corrected chi connectivity index (χ4v) is 3.62. The first kappa shape index (κ1) is 21.3. The summed E-state index contributed by atoms with van der Waals surface area (Å²) in [7, 11) is 1.32. The molecule has 0 spiro atoms. The van der Waals surface area contributed by atoms with Crippen molar-refractivity contribution in [3.05, 3.63) is 71.3 Å². The summed E-state index contributed by atoms with van der Waals surface area (Å²) >= 11 is 0. The Kier molecular flexibility index (Phi) is 6.67. The Morgan fingerprint density at radius 1 is 0.867 bits per heavy atom. The van der Waals surface area contributed by atoms with Crippen molar-refractivity contribution < 1.29 is 19.1 Å². The molecule has 156 valence electrons. The molecule has 2 N–H and O–H groups in total. The minimum absolute atomic E-state index is 0.160. The van der Waals surface area contributed by atoms with Gasteiger partial charge in [0.2, 0.25) is 11.8 Å². The molecule has 0 radical (unpaired) electrons. The van der Waals surface area contributed by atoms with Gasteiger partial charge in [0.25, 0.3) is 0 Å². The second-order valence-electron chi connectivity index (χ2n) is 7.52. The number of methoxy groups -OCH3 is 1. The number of aryl methyl sites for hydroxylation is 2. The first-order chi connectivity index (χ1) is 14.4. The van der Waals surface area contributed by atoms with Gasteiger partial charge in [-0.1, -0.05) is 29.8 Å². The van der Waals surface area contributed by atoms with E-state index in [1.54, 1.807) is 24.3 Å². The topological polar surface area (TPSA) is 84.5 Å². The molecule has 0 saturated heterocycles. The van der Waals surface area contributed by atoms with Crippen molar-refractivity contribution in [2.24, 2.45) is 11.8 Å². The van der Waals surface area contributed by atoms with E-state index in [0.717, 1.165) is 16.8 Å². The molecule has 1 aliphatic rings. The number of benzene rings is 2. The molecular weight excluding hydrogens is 380 g/mol. The fraction of sp³-hybridized carbons (Fsp3) is 0.292. The first-order valence-corrected chi connectivity index (χ1v) is 9.91. The maximum absolute atomic E-state index is 12.9. The molecule has 6 nitrogen and oxygen atoms in total. The Morgan fingerprint density at radius 3 is 2.03 bits per heavy atom. The van der Waals surface area contributed by atoms with Gasteiger partial charge in [-0.05, 0) is 62.6 Å². The third-order valence-electron chi connectivity index (χ3n) is 5.32. The van der Waals surface area contributed by atoms with Gasteiger partial charge in [0.1, 0.15) is 0 Å². The number of amides is 2. The van der Waals surface area contributed by atoms with Gasteiger partial charge in [0.15, 0.2) is 0 Å². The summed E-state index contributed by atoms with van der Waals surface area (Å²) in [6.07, 6.45) is 4.89. The highest BCUT2D eigenvalue weighted by molar-refractivity contribution is 6.00. The monoisotopic (exact) mass is 406 g/mol. The van der Waals surface area contributed by atoms with Gasteiger partial charge in [-0.25, -0.2) is 4.79 Å². The van der Waals surface area contributed by atoms with Gasteiger partial charge < -0.3 is 15.4 Å². The molecule has 6 heteroatoms. The highest BCUT2D eigenvalue weighted by Gasteiger charge is 2.34. The van der Waals surface area contributed by atoms with Gasteiger partial charge in [0, 0.05) is 11.4 Å². The summed E-state index contributed by atoms with van der Waals surface area (Å²) in [5, 5.41) is 5.84. The molecule has 2 aromatic rings. The van der Waals surface area contributed by atoms with E-state index in [0.29, 0.717) is 24.1 Å². The van der Waals surface area contributed by atoms with Crippen LogP contribution in [0.2, 0.25) is 0 Å². The molecule has 0 aromatic heterocycles. The molecule has 2 aromatic carbocycles. The van der Waals surface area contributed by atoms with Crippen molar-refractivity contribution in [1.29, 1.82) is 0 Å². The zero-order chi connectivity index (χ0) is 21.7. The second kappa shape index (κ2) is 9.39. The average Bonchev–Trinajstić information content (AvgIpc) is 2.75. The van der Waals surface area contributed by atoms with Crippen LogP contribution >= 0.6 is 0 Å². The lowest BCUT2D eigenvalue weighted by Crippen LogP contribution is -2.37. The third-order valence-corrected chi connectivity index (χ3v) is 5.32. The fourth-order valence-electron chi connectivity index (χ4n) is 3.62. The summed E-state index contributed by atoms with van der Waals surface area (Å²) in [6.45, 7) is 3.95. The van der Waals surface area contributed by atoms with Gasteiger partial charge in [-0.2, -0.15) is 0 Å². The quantitative estimate of drug-likeness (QED) is 0.574. The normalized spacial score (nSPS) is 17.8. The lowest BCUT2D eigenvalue weighted by atomic mass is 9.81. The summed E-state index contributed by atoms with van der Waals surface area (Å²) in [5.41, 5.74) is 3.85. The highest BCUT2D eigenvalue weighted by Crippen LogP contribution is 2.29. The molecule has 0 fully saturated rings. The molecule has 2 amide bonds. The molecule has 0 saturated carbocycles. The number of ether oxygens (including phenoxy) is 1. The molecule has 0 bridgehead atoms. The van der Waals surface area contributed by atoms with E-state index in [9.17, 15) is 14.4 Å². The van der Waals surface area contributed by atoms with Crippen LogP contribution in [0.5, 0.6) is 0 Å². The molecule has 3 rings (SSSR count). The van der Waals surface area contributed by atoms with E-state index >= 15 is 0 Å². The van der Waals surface area contributed by atoms with Gasteiger partial charge in [-0.3, -0.25) is 9.59 Å². The first-order valence-electron chi connectivity index (χ1n) is 9.91. The second-order valence-corrected chi connectivity index (χ2v) is 7.52. The molecule has 30 heavy (non-hydrogen) atoms. The number of allylic oxidation sites excluding steroid dienone is 2. The molecule has 2 atom stereocenters. The lowest BCUT2D eigenvalue weighted by Gasteiger charge is -2.27. The van der Waals surface area contributed by atoms with Crippen LogP contribution in [-0.2, 0) is 14.3 Å².